The van der Waals surface area contributed by atoms with E-state index in [2.05, 4.69) is 29.2 Å². The number of methoxy groups -OCH3 is 1. The highest BCUT2D eigenvalue weighted by atomic mass is 32.2. The molecular weight excluding hydrogens is 434 g/mol. The maximum Gasteiger partial charge on any atom is 0.328 e. The van der Waals surface area contributed by atoms with Crippen LogP contribution in [0.5, 0.6) is 11.5 Å². The number of carbonyl (C=O) groups is 1. The van der Waals surface area contributed by atoms with Crippen LogP contribution in [-0.2, 0) is 22.7 Å². The second-order valence-electron chi connectivity index (χ2n) is 7.49. The number of ether oxygens (including phenoxy) is 2. The summed E-state index contributed by atoms with van der Waals surface area (Å²) < 4.78 is 11.1. The predicted molar refractivity (Wildman–Crippen MR) is 134 cm³/mol. The quantitative estimate of drug-likeness (QED) is 0.247. The molecule has 0 aliphatic rings. The van der Waals surface area contributed by atoms with Crippen molar-refractivity contribution in [1.29, 1.82) is 0 Å². The summed E-state index contributed by atoms with van der Waals surface area (Å²) in [5.74, 6) is 2.10. The van der Waals surface area contributed by atoms with Crippen molar-refractivity contribution in [2.45, 2.75) is 30.8 Å². The second kappa shape index (κ2) is 13.3. The van der Waals surface area contributed by atoms with Gasteiger partial charge in [-0.05, 0) is 60.7 Å². The predicted octanol–water partition coefficient (Wildman–Crippen LogP) is 6.02. The van der Waals surface area contributed by atoms with Crippen LogP contribution in [0.25, 0.3) is 6.08 Å². The zero-order valence-corrected chi connectivity index (χ0v) is 19.6. The van der Waals surface area contributed by atoms with Crippen LogP contribution in [-0.4, -0.2) is 29.8 Å². The number of nitrogens with zero attached hydrogens (tertiary/aromatic N) is 1. The molecule has 0 bridgehead atoms. The molecule has 0 radical (unpaired) electrons. The number of aromatic nitrogens is 1. The number of hydrogen-bond donors (Lipinski definition) is 1. The number of thioether (sulfide) groups is 1. The molecule has 0 spiro atoms. The number of carboxylic acids is 1. The zero-order chi connectivity index (χ0) is 23.3. The standard InChI is InChI=1S/C27H29NO4S/c1-31-24-13-10-21(11-14-24)7-5-6-18-32-26-16-12-23(28-25(26)15-17-27(29)30)20-33-19-22-8-3-2-4-9-22/h2-4,8-17H,5-7,18-20H2,1H3,(H,29,30). The largest absolute Gasteiger partial charge is 0.497 e. The molecule has 172 valence electrons. The van der Waals surface area contributed by atoms with E-state index in [0.29, 0.717) is 18.1 Å². The number of unbranched alkanes of at least 4 members (excludes halogenated alkanes) is 1. The van der Waals surface area contributed by atoms with Gasteiger partial charge < -0.3 is 14.6 Å². The van der Waals surface area contributed by atoms with Crippen LogP contribution >= 0.6 is 11.8 Å². The van der Waals surface area contributed by atoms with E-state index in [9.17, 15) is 4.79 Å². The highest BCUT2D eigenvalue weighted by molar-refractivity contribution is 7.97. The lowest BCUT2D eigenvalue weighted by molar-refractivity contribution is -0.131. The number of hydrogen-bond acceptors (Lipinski definition) is 5. The van der Waals surface area contributed by atoms with E-state index in [4.69, 9.17) is 14.6 Å². The van der Waals surface area contributed by atoms with E-state index in [1.807, 2.05) is 42.5 Å². The number of pyridine rings is 1. The number of aliphatic carboxylic acids is 1. The van der Waals surface area contributed by atoms with Crippen molar-refractivity contribution < 1.29 is 19.4 Å². The Hall–Kier alpha value is -3.25. The van der Waals surface area contributed by atoms with Crippen LogP contribution in [0.2, 0.25) is 0 Å². The first-order valence-corrected chi connectivity index (χ1v) is 12.1. The van der Waals surface area contributed by atoms with Crippen molar-refractivity contribution in [1.82, 2.24) is 4.98 Å². The van der Waals surface area contributed by atoms with Gasteiger partial charge in [-0.3, -0.25) is 0 Å². The summed E-state index contributed by atoms with van der Waals surface area (Å²) in [5.41, 5.74) is 3.97. The van der Waals surface area contributed by atoms with E-state index in [1.54, 1.807) is 18.9 Å². The Morgan fingerprint density at radius 1 is 0.970 bits per heavy atom. The van der Waals surface area contributed by atoms with Gasteiger partial charge in [-0.2, -0.15) is 11.8 Å². The Morgan fingerprint density at radius 3 is 2.48 bits per heavy atom. The Morgan fingerprint density at radius 2 is 1.76 bits per heavy atom. The SMILES string of the molecule is COc1ccc(CCCCOc2ccc(CSCc3ccccc3)nc2C=CC(=O)O)cc1. The van der Waals surface area contributed by atoms with Crippen molar-refractivity contribution in [2.75, 3.05) is 13.7 Å². The van der Waals surface area contributed by atoms with Gasteiger partial charge in [-0.1, -0.05) is 42.5 Å². The number of rotatable bonds is 13. The molecule has 0 unspecified atom stereocenters. The summed E-state index contributed by atoms with van der Waals surface area (Å²) in [5, 5.41) is 9.02. The minimum Gasteiger partial charge on any atom is -0.497 e. The number of aryl methyl sites for hydroxylation is 1. The van der Waals surface area contributed by atoms with Crippen molar-refractivity contribution in [3.63, 3.8) is 0 Å². The average Bonchev–Trinajstić information content (AvgIpc) is 2.84. The highest BCUT2D eigenvalue weighted by Crippen LogP contribution is 2.23. The Balaban J connectivity index is 1.51. The van der Waals surface area contributed by atoms with Gasteiger partial charge >= 0.3 is 5.97 Å². The third kappa shape index (κ3) is 8.66. The van der Waals surface area contributed by atoms with Gasteiger partial charge in [0.25, 0.3) is 0 Å². The van der Waals surface area contributed by atoms with Crippen LogP contribution < -0.4 is 9.47 Å². The fraction of sp³-hybridized carbons (Fsp3) is 0.259. The summed E-state index contributed by atoms with van der Waals surface area (Å²) in [7, 11) is 1.66. The summed E-state index contributed by atoms with van der Waals surface area (Å²) >= 11 is 1.77. The van der Waals surface area contributed by atoms with Crippen LogP contribution in [0.15, 0.2) is 72.8 Å². The van der Waals surface area contributed by atoms with Crippen LogP contribution in [0.3, 0.4) is 0 Å². The second-order valence-corrected chi connectivity index (χ2v) is 8.48. The Bertz CT molecular complexity index is 1040. The van der Waals surface area contributed by atoms with Crippen molar-refractivity contribution in [3.05, 3.63) is 95.3 Å². The lowest BCUT2D eigenvalue weighted by Gasteiger charge is -2.11. The number of carboxylic acid groups (broad SMARTS) is 1. The molecule has 0 aliphatic carbocycles. The molecule has 1 heterocycles. The molecular formula is C27H29NO4S. The first kappa shape index (κ1) is 24.4. The lowest BCUT2D eigenvalue weighted by atomic mass is 10.1. The highest BCUT2D eigenvalue weighted by Gasteiger charge is 2.07. The van der Waals surface area contributed by atoms with Gasteiger partial charge in [0, 0.05) is 17.6 Å². The van der Waals surface area contributed by atoms with Gasteiger partial charge in [-0.25, -0.2) is 9.78 Å². The van der Waals surface area contributed by atoms with Crippen molar-refractivity contribution in [2.24, 2.45) is 0 Å². The molecule has 0 amide bonds. The summed E-state index contributed by atoms with van der Waals surface area (Å²) in [6.07, 6.45) is 5.45. The van der Waals surface area contributed by atoms with E-state index in [-0.39, 0.29) is 0 Å². The molecule has 0 saturated heterocycles. The molecule has 1 aromatic heterocycles. The third-order valence-electron chi connectivity index (χ3n) is 4.97. The monoisotopic (exact) mass is 463 g/mol. The first-order valence-electron chi connectivity index (χ1n) is 10.9. The van der Waals surface area contributed by atoms with Gasteiger partial charge in [0.1, 0.15) is 17.2 Å². The summed E-state index contributed by atoms with van der Waals surface area (Å²) in [4.78, 5) is 15.6. The molecule has 3 rings (SSSR count). The summed E-state index contributed by atoms with van der Waals surface area (Å²) in [6.45, 7) is 0.549. The van der Waals surface area contributed by atoms with E-state index in [0.717, 1.165) is 48.3 Å². The lowest BCUT2D eigenvalue weighted by Crippen LogP contribution is -2.02. The molecule has 1 N–H and O–H groups in total. The average molecular weight is 464 g/mol. The van der Waals surface area contributed by atoms with Gasteiger partial charge in [0.05, 0.1) is 19.4 Å². The smallest absolute Gasteiger partial charge is 0.328 e. The first-order chi connectivity index (χ1) is 16.1. The van der Waals surface area contributed by atoms with Crippen LogP contribution in [0.4, 0.5) is 0 Å². The molecule has 0 atom stereocenters. The molecule has 6 heteroatoms. The third-order valence-corrected chi connectivity index (χ3v) is 6.00. The van der Waals surface area contributed by atoms with Crippen LogP contribution in [0, 0.1) is 0 Å². The molecule has 3 aromatic rings. The molecule has 0 aliphatic heterocycles. The maximum absolute atomic E-state index is 11.0. The van der Waals surface area contributed by atoms with Gasteiger partial charge in [0.15, 0.2) is 0 Å². The minimum atomic E-state index is -1.01. The summed E-state index contributed by atoms with van der Waals surface area (Å²) in [6, 6.07) is 22.2. The fourth-order valence-electron chi connectivity index (χ4n) is 3.23. The Kier molecular flexibility index (Phi) is 9.86. The van der Waals surface area contributed by atoms with E-state index in [1.165, 1.54) is 17.2 Å². The Labute approximate surface area is 199 Å². The zero-order valence-electron chi connectivity index (χ0n) is 18.8. The molecule has 0 fully saturated rings. The normalized spacial score (nSPS) is 10.9. The van der Waals surface area contributed by atoms with Gasteiger partial charge in [0.2, 0.25) is 0 Å². The topological polar surface area (TPSA) is 68.7 Å². The molecule has 5 nitrogen and oxygen atoms in total. The minimum absolute atomic E-state index is 0.547. The maximum atomic E-state index is 11.0. The van der Waals surface area contributed by atoms with Crippen molar-refractivity contribution >= 4 is 23.8 Å². The molecule has 2 aromatic carbocycles. The van der Waals surface area contributed by atoms with E-state index >= 15 is 0 Å². The molecule has 0 saturated carbocycles. The van der Waals surface area contributed by atoms with E-state index < -0.39 is 5.97 Å². The number of benzene rings is 2. The van der Waals surface area contributed by atoms with Crippen molar-refractivity contribution in [3.8, 4) is 11.5 Å². The van der Waals surface area contributed by atoms with Crippen LogP contribution in [0.1, 0.15) is 35.4 Å². The molecule has 33 heavy (non-hydrogen) atoms. The van der Waals surface area contributed by atoms with Gasteiger partial charge in [-0.15, -0.1) is 0 Å². The fourth-order valence-corrected chi connectivity index (χ4v) is 4.13.